The summed E-state index contributed by atoms with van der Waals surface area (Å²) in [6.45, 7) is 10.1. The van der Waals surface area contributed by atoms with Gasteiger partial charge in [0.15, 0.2) is 0 Å². The van der Waals surface area contributed by atoms with Gasteiger partial charge in [-0.3, -0.25) is 14.3 Å². The fourth-order valence-electron chi connectivity index (χ4n) is 2.39. The molecule has 2 rings (SSSR count). The molecule has 0 spiro atoms. The molecule has 0 radical (unpaired) electrons. The Bertz CT molecular complexity index is 631. The molecule has 1 fully saturated rings. The number of aryl methyl sites for hydroxylation is 1. The van der Waals surface area contributed by atoms with Crippen LogP contribution in [0.1, 0.15) is 53.2 Å². The van der Waals surface area contributed by atoms with Crippen molar-refractivity contribution in [2.45, 2.75) is 63.7 Å². The minimum atomic E-state index is -0.584. The Morgan fingerprint density at radius 3 is 2.58 bits per heavy atom. The third-order valence-electron chi connectivity index (χ3n) is 4.17. The molecule has 6 nitrogen and oxygen atoms in total. The highest BCUT2D eigenvalue weighted by molar-refractivity contribution is 8.01. The zero-order valence-corrected chi connectivity index (χ0v) is 16.2. The smallest absolute Gasteiger partial charge is 0.241 e. The van der Waals surface area contributed by atoms with Gasteiger partial charge in [-0.15, -0.1) is 11.8 Å². The van der Waals surface area contributed by atoms with Gasteiger partial charge in [0.2, 0.25) is 11.8 Å². The molecule has 7 heteroatoms. The second-order valence-corrected chi connectivity index (χ2v) is 9.51. The molecule has 1 aliphatic heterocycles. The van der Waals surface area contributed by atoms with Crippen LogP contribution < -0.4 is 10.6 Å². The van der Waals surface area contributed by atoms with E-state index in [0.717, 1.165) is 17.9 Å². The van der Waals surface area contributed by atoms with E-state index in [1.54, 1.807) is 16.4 Å². The van der Waals surface area contributed by atoms with Crippen molar-refractivity contribution in [2.75, 3.05) is 11.1 Å². The fraction of sp³-hybridized carbons (Fsp3) is 0.706. The third kappa shape index (κ3) is 4.53. The molecule has 2 heterocycles. The molecule has 1 aromatic heterocycles. The molecule has 1 aliphatic rings. The number of amides is 2. The second kappa shape index (κ2) is 6.78. The van der Waals surface area contributed by atoms with Crippen molar-refractivity contribution in [3.8, 4) is 0 Å². The summed E-state index contributed by atoms with van der Waals surface area (Å²) in [7, 11) is 1.83. The zero-order valence-electron chi connectivity index (χ0n) is 15.4. The summed E-state index contributed by atoms with van der Waals surface area (Å²) < 4.78 is 1.12. The number of aromatic nitrogens is 2. The highest BCUT2D eigenvalue weighted by Gasteiger charge is 2.32. The van der Waals surface area contributed by atoms with E-state index < -0.39 is 4.75 Å². The molecule has 0 bridgehead atoms. The minimum Gasteiger partial charge on any atom is -0.353 e. The number of nitrogens with one attached hydrogen (secondary N) is 2. The lowest BCUT2D eigenvalue weighted by atomic mass is 9.92. The van der Waals surface area contributed by atoms with Crippen LogP contribution in [-0.4, -0.2) is 38.1 Å². The van der Waals surface area contributed by atoms with Gasteiger partial charge in [-0.1, -0.05) is 20.8 Å². The van der Waals surface area contributed by atoms with Gasteiger partial charge in [-0.2, -0.15) is 5.10 Å². The summed E-state index contributed by atoms with van der Waals surface area (Å²) >= 11 is 1.57. The van der Waals surface area contributed by atoms with E-state index in [-0.39, 0.29) is 23.3 Å². The van der Waals surface area contributed by atoms with Gasteiger partial charge >= 0.3 is 0 Å². The number of rotatable bonds is 5. The summed E-state index contributed by atoms with van der Waals surface area (Å²) in [6, 6.07) is 2.09. The predicted octanol–water partition coefficient (Wildman–Crippen LogP) is 2.45. The molecule has 0 aromatic carbocycles. The van der Waals surface area contributed by atoms with Gasteiger partial charge in [0.25, 0.3) is 0 Å². The summed E-state index contributed by atoms with van der Waals surface area (Å²) in [4.78, 5) is 23.9. The van der Waals surface area contributed by atoms with Crippen molar-refractivity contribution in [3.63, 3.8) is 0 Å². The number of anilines is 1. The summed E-state index contributed by atoms with van der Waals surface area (Å²) in [5.41, 5.74) is 0.880. The SMILES string of the molecule is Cn1nc(C(C)(C)C)cc1NC(=O)C(C)(C)SC[C@H]1CCC(=O)N1. The normalized spacial score (nSPS) is 18.6. The molecule has 0 aliphatic carbocycles. The molecule has 0 unspecified atom stereocenters. The molecule has 134 valence electrons. The Kier molecular flexibility index (Phi) is 5.32. The monoisotopic (exact) mass is 352 g/mol. The van der Waals surface area contributed by atoms with Crippen molar-refractivity contribution >= 4 is 29.4 Å². The highest BCUT2D eigenvalue weighted by atomic mass is 32.2. The first-order valence-corrected chi connectivity index (χ1v) is 9.27. The van der Waals surface area contributed by atoms with Crippen LogP contribution in [0.3, 0.4) is 0 Å². The van der Waals surface area contributed by atoms with Crippen molar-refractivity contribution in [1.82, 2.24) is 15.1 Å². The van der Waals surface area contributed by atoms with Crippen LogP contribution in [0.4, 0.5) is 5.82 Å². The fourth-order valence-corrected chi connectivity index (χ4v) is 3.44. The van der Waals surface area contributed by atoms with Crippen molar-refractivity contribution in [3.05, 3.63) is 11.8 Å². The van der Waals surface area contributed by atoms with E-state index in [1.807, 2.05) is 27.0 Å². The Morgan fingerprint density at radius 2 is 2.08 bits per heavy atom. The molecule has 2 amide bonds. The maximum Gasteiger partial charge on any atom is 0.241 e. The van der Waals surface area contributed by atoms with Crippen molar-refractivity contribution < 1.29 is 9.59 Å². The first kappa shape index (κ1) is 18.8. The van der Waals surface area contributed by atoms with Crippen LogP contribution >= 0.6 is 11.8 Å². The lowest BCUT2D eigenvalue weighted by molar-refractivity contribution is -0.119. The number of carbonyl (C=O) groups is 2. The maximum atomic E-state index is 12.7. The topological polar surface area (TPSA) is 76.0 Å². The number of hydrogen-bond acceptors (Lipinski definition) is 4. The van der Waals surface area contributed by atoms with Gasteiger partial charge in [0.05, 0.1) is 10.4 Å². The molecule has 1 saturated heterocycles. The first-order valence-electron chi connectivity index (χ1n) is 8.28. The van der Waals surface area contributed by atoms with Crippen LogP contribution in [0.2, 0.25) is 0 Å². The van der Waals surface area contributed by atoms with E-state index in [4.69, 9.17) is 0 Å². The van der Waals surface area contributed by atoms with Gasteiger partial charge in [-0.05, 0) is 20.3 Å². The van der Waals surface area contributed by atoms with E-state index in [9.17, 15) is 9.59 Å². The quantitative estimate of drug-likeness (QED) is 0.853. The van der Waals surface area contributed by atoms with E-state index in [2.05, 4.69) is 36.5 Å². The highest BCUT2D eigenvalue weighted by Crippen LogP contribution is 2.29. The molecular weight excluding hydrogens is 324 g/mol. The summed E-state index contributed by atoms with van der Waals surface area (Å²) in [5.74, 6) is 1.49. The lowest BCUT2D eigenvalue weighted by Gasteiger charge is -2.24. The standard InChI is InChI=1S/C17H28N4O2S/c1-16(2,3)12-9-13(21(6)20-12)19-15(23)17(4,5)24-10-11-7-8-14(22)18-11/h9,11H,7-8,10H2,1-6H3,(H,18,22)(H,19,23)/t11-/m1/s1. The second-order valence-electron chi connectivity index (χ2n) is 7.87. The molecule has 1 atom stereocenters. The van der Waals surface area contributed by atoms with Crippen LogP contribution in [0.5, 0.6) is 0 Å². The average Bonchev–Trinajstić information content (AvgIpc) is 3.03. The molecule has 1 aromatic rings. The van der Waals surface area contributed by atoms with Gasteiger partial charge in [0, 0.05) is 36.7 Å². The third-order valence-corrected chi connectivity index (χ3v) is 5.64. The molecule has 2 N–H and O–H groups in total. The predicted molar refractivity (Wildman–Crippen MR) is 98.2 cm³/mol. The number of carbonyl (C=O) groups excluding carboxylic acids is 2. The molecule has 24 heavy (non-hydrogen) atoms. The van der Waals surface area contributed by atoms with Crippen LogP contribution in [-0.2, 0) is 22.1 Å². The van der Waals surface area contributed by atoms with Gasteiger partial charge < -0.3 is 10.6 Å². The van der Waals surface area contributed by atoms with E-state index >= 15 is 0 Å². The van der Waals surface area contributed by atoms with Crippen molar-refractivity contribution in [2.24, 2.45) is 7.05 Å². The van der Waals surface area contributed by atoms with Crippen molar-refractivity contribution in [1.29, 1.82) is 0 Å². The average molecular weight is 353 g/mol. The lowest BCUT2D eigenvalue weighted by Crippen LogP contribution is -2.37. The number of thioether (sulfide) groups is 1. The first-order chi connectivity index (χ1) is 11.0. The number of nitrogens with zero attached hydrogens (tertiary/aromatic N) is 2. The Morgan fingerprint density at radius 1 is 1.42 bits per heavy atom. The molecule has 0 saturated carbocycles. The Labute approximate surface area is 148 Å². The van der Waals surface area contributed by atoms with E-state index in [0.29, 0.717) is 12.2 Å². The Balaban J connectivity index is 1.97. The van der Waals surface area contributed by atoms with Crippen LogP contribution in [0, 0.1) is 0 Å². The van der Waals surface area contributed by atoms with E-state index in [1.165, 1.54) is 0 Å². The number of hydrogen-bond donors (Lipinski definition) is 2. The van der Waals surface area contributed by atoms with Gasteiger partial charge in [-0.25, -0.2) is 0 Å². The van der Waals surface area contributed by atoms with Crippen LogP contribution in [0.15, 0.2) is 6.07 Å². The maximum absolute atomic E-state index is 12.7. The van der Waals surface area contributed by atoms with Crippen LogP contribution in [0.25, 0.3) is 0 Å². The zero-order chi connectivity index (χ0) is 18.1. The largest absolute Gasteiger partial charge is 0.353 e. The summed E-state index contributed by atoms with van der Waals surface area (Å²) in [6.07, 6.45) is 1.43. The van der Waals surface area contributed by atoms with Gasteiger partial charge in [0.1, 0.15) is 5.82 Å². The molecular formula is C17H28N4O2S. The summed E-state index contributed by atoms with van der Waals surface area (Å²) in [5, 5.41) is 10.4. The minimum absolute atomic E-state index is 0.0553. The Hall–Kier alpha value is -1.50.